The minimum atomic E-state index is -0.996. The van der Waals surface area contributed by atoms with Crippen molar-refractivity contribution in [2.45, 2.75) is 44.4 Å². The second kappa shape index (κ2) is 12.3. The Hall–Kier alpha value is -3.03. The standard InChI is InChI=1S/C29H35FN2O4/c1-36-22-10-11-27-24(18-22)23(13-15-31-27)28(33)12-9-20-14-17-32(19-25(20)29(34)35)16-5-8-26(30)21-6-3-2-4-7-21/h2-4,6-7,10-11,13,15,18,20,25-26,28,33H,5,8-9,12,14,16-17,19H2,1H3,(H,34,35)/t20-,25+,26?,28?/m1/s1. The summed E-state index contributed by atoms with van der Waals surface area (Å²) in [6.45, 7) is 1.95. The van der Waals surface area contributed by atoms with Crippen molar-refractivity contribution in [2.75, 3.05) is 26.7 Å². The Morgan fingerprint density at radius 1 is 1.19 bits per heavy atom. The number of ether oxygens (including phenoxy) is 1. The maximum Gasteiger partial charge on any atom is 0.308 e. The van der Waals surface area contributed by atoms with Crippen LogP contribution in [0, 0.1) is 11.8 Å². The quantitative estimate of drug-likeness (QED) is 0.363. The highest BCUT2D eigenvalue weighted by Crippen LogP contribution is 2.34. The first-order valence-corrected chi connectivity index (χ1v) is 12.7. The lowest BCUT2D eigenvalue weighted by atomic mass is 9.81. The number of hydrogen-bond donors (Lipinski definition) is 2. The third-order valence-corrected chi connectivity index (χ3v) is 7.40. The van der Waals surface area contributed by atoms with Crippen LogP contribution in [-0.2, 0) is 4.79 Å². The zero-order valence-corrected chi connectivity index (χ0v) is 20.7. The van der Waals surface area contributed by atoms with E-state index in [0.717, 1.165) is 29.4 Å². The number of rotatable bonds is 11. The normalized spacial score (nSPS) is 20.2. The van der Waals surface area contributed by atoms with Gasteiger partial charge in [-0.25, -0.2) is 4.39 Å². The van der Waals surface area contributed by atoms with Crippen LogP contribution in [0.15, 0.2) is 60.8 Å². The van der Waals surface area contributed by atoms with Crippen LogP contribution in [0.5, 0.6) is 5.75 Å². The van der Waals surface area contributed by atoms with Crippen LogP contribution in [0.1, 0.15) is 55.5 Å². The fourth-order valence-electron chi connectivity index (χ4n) is 5.31. The van der Waals surface area contributed by atoms with Gasteiger partial charge in [-0.2, -0.15) is 0 Å². The van der Waals surface area contributed by atoms with Gasteiger partial charge < -0.3 is 19.8 Å². The number of likely N-dealkylation sites (tertiary alicyclic amines) is 1. The van der Waals surface area contributed by atoms with E-state index in [9.17, 15) is 19.4 Å². The van der Waals surface area contributed by atoms with E-state index >= 15 is 0 Å². The second-order valence-electron chi connectivity index (χ2n) is 9.69. The molecule has 0 aliphatic carbocycles. The van der Waals surface area contributed by atoms with Gasteiger partial charge in [0.1, 0.15) is 11.9 Å². The van der Waals surface area contributed by atoms with E-state index in [0.29, 0.717) is 50.1 Å². The molecule has 2 heterocycles. The van der Waals surface area contributed by atoms with Crippen molar-refractivity contribution < 1.29 is 24.1 Å². The number of piperidine rings is 1. The number of methoxy groups -OCH3 is 1. The summed E-state index contributed by atoms with van der Waals surface area (Å²) in [6.07, 6.45) is 2.95. The van der Waals surface area contributed by atoms with Crippen molar-refractivity contribution in [3.8, 4) is 5.75 Å². The van der Waals surface area contributed by atoms with Gasteiger partial charge in [0.05, 0.1) is 24.6 Å². The lowest BCUT2D eigenvalue weighted by Gasteiger charge is -2.37. The summed E-state index contributed by atoms with van der Waals surface area (Å²) in [5.74, 6) is -0.596. The van der Waals surface area contributed by atoms with Crippen LogP contribution >= 0.6 is 0 Å². The molecule has 2 aromatic carbocycles. The van der Waals surface area contributed by atoms with E-state index in [1.165, 1.54) is 0 Å². The van der Waals surface area contributed by atoms with Crippen LogP contribution in [0.2, 0.25) is 0 Å². The number of alkyl halides is 1. The second-order valence-corrected chi connectivity index (χ2v) is 9.69. The minimum Gasteiger partial charge on any atom is -0.497 e. The molecule has 1 fully saturated rings. The topological polar surface area (TPSA) is 82.9 Å². The molecule has 1 aliphatic heterocycles. The smallest absolute Gasteiger partial charge is 0.308 e. The van der Waals surface area contributed by atoms with Crippen LogP contribution in [0.3, 0.4) is 0 Å². The van der Waals surface area contributed by atoms with Gasteiger partial charge in [-0.05, 0) is 86.5 Å². The molecule has 2 N–H and O–H groups in total. The summed E-state index contributed by atoms with van der Waals surface area (Å²) in [5.41, 5.74) is 2.26. The van der Waals surface area contributed by atoms with Crippen molar-refractivity contribution in [3.63, 3.8) is 0 Å². The molecule has 36 heavy (non-hydrogen) atoms. The zero-order chi connectivity index (χ0) is 25.5. The number of nitrogens with zero attached hydrogens (tertiary/aromatic N) is 2. The van der Waals surface area contributed by atoms with E-state index in [4.69, 9.17) is 4.74 Å². The van der Waals surface area contributed by atoms with Crippen molar-refractivity contribution in [2.24, 2.45) is 11.8 Å². The third-order valence-electron chi connectivity index (χ3n) is 7.40. The maximum absolute atomic E-state index is 14.5. The van der Waals surface area contributed by atoms with Gasteiger partial charge in [-0.1, -0.05) is 30.3 Å². The van der Waals surface area contributed by atoms with Crippen LogP contribution < -0.4 is 4.74 Å². The Morgan fingerprint density at radius 2 is 2.00 bits per heavy atom. The summed E-state index contributed by atoms with van der Waals surface area (Å²) in [5, 5.41) is 21.7. The van der Waals surface area contributed by atoms with Crippen LogP contribution in [0.4, 0.5) is 4.39 Å². The van der Waals surface area contributed by atoms with Gasteiger partial charge in [0.15, 0.2) is 0 Å². The fraction of sp³-hybridized carbons (Fsp3) is 0.448. The number of halogens is 1. The van der Waals surface area contributed by atoms with E-state index < -0.39 is 24.2 Å². The van der Waals surface area contributed by atoms with Gasteiger partial charge in [0.2, 0.25) is 0 Å². The Morgan fingerprint density at radius 3 is 2.75 bits per heavy atom. The number of aliphatic carboxylic acids is 1. The van der Waals surface area contributed by atoms with Crippen molar-refractivity contribution >= 4 is 16.9 Å². The first-order chi connectivity index (χ1) is 17.5. The highest BCUT2D eigenvalue weighted by Gasteiger charge is 2.34. The number of hydrogen-bond acceptors (Lipinski definition) is 5. The predicted molar refractivity (Wildman–Crippen MR) is 138 cm³/mol. The minimum absolute atomic E-state index is 0.00530. The number of benzene rings is 2. The fourth-order valence-corrected chi connectivity index (χ4v) is 5.31. The molecule has 4 atom stereocenters. The molecule has 192 valence electrons. The predicted octanol–water partition coefficient (Wildman–Crippen LogP) is 5.57. The van der Waals surface area contributed by atoms with Crippen molar-refractivity contribution in [3.05, 3.63) is 71.9 Å². The molecule has 0 bridgehead atoms. The lowest BCUT2D eigenvalue weighted by Crippen LogP contribution is -2.44. The Bertz CT molecular complexity index is 1140. The summed E-state index contributed by atoms with van der Waals surface area (Å²) < 4.78 is 19.8. The first-order valence-electron chi connectivity index (χ1n) is 12.7. The molecule has 0 spiro atoms. The molecule has 2 unspecified atom stereocenters. The Balaban J connectivity index is 1.31. The number of aliphatic hydroxyl groups excluding tert-OH is 1. The third kappa shape index (κ3) is 6.39. The monoisotopic (exact) mass is 494 g/mol. The summed E-state index contributed by atoms with van der Waals surface area (Å²) in [4.78, 5) is 18.6. The van der Waals surface area contributed by atoms with Crippen LogP contribution in [-0.4, -0.2) is 52.8 Å². The van der Waals surface area contributed by atoms with Crippen molar-refractivity contribution in [1.82, 2.24) is 9.88 Å². The number of carboxylic acids is 1. The molecule has 0 radical (unpaired) electrons. The summed E-state index contributed by atoms with van der Waals surface area (Å²) in [7, 11) is 1.60. The number of aromatic nitrogens is 1. The highest BCUT2D eigenvalue weighted by atomic mass is 19.1. The van der Waals surface area contributed by atoms with Gasteiger partial charge in [-0.15, -0.1) is 0 Å². The maximum atomic E-state index is 14.5. The molecule has 4 rings (SSSR count). The average molecular weight is 495 g/mol. The SMILES string of the molecule is COc1ccc2nccc(C(O)CC[C@@H]3CCN(CCCC(F)c4ccccc4)C[C@@H]3C(=O)O)c2c1. The number of aliphatic hydroxyl groups is 1. The lowest BCUT2D eigenvalue weighted by molar-refractivity contribution is -0.146. The molecule has 0 amide bonds. The summed E-state index contributed by atoms with van der Waals surface area (Å²) in [6, 6.07) is 16.6. The molecular weight excluding hydrogens is 459 g/mol. The number of pyridine rings is 1. The molecule has 1 aliphatic rings. The van der Waals surface area contributed by atoms with E-state index in [1.54, 1.807) is 25.4 Å². The van der Waals surface area contributed by atoms with Gasteiger partial charge in [0.25, 0.3) is 0 Å². The number of carboxylic acid groups (broad SMARTS) is 1. The van der Waals surface area contributed by atoms with E-state index in [1.807, 2.05) is 42.5 Å². The molecule has 7 heteroatoms. The Labute approximate surface area is 211 Å². The molecule has 6 nitrogen and oxygen atoms in total. The van der Waals surface area contributed by atoms with E-state index in [2.05, 4.69) is 9.88 Å². The molecular formula is C29H35FN2O4. The highest BCUT2D eigenvalue weighted by molar-refractivity contribution is 5.83. The van der Waals surface area contributed by atoms with Gasteiger partial charge >= 0.3 is 5.97 Å². The average Bonchev–Trinajstić information content (AvgIpc) is 2.91. The zero-order valence-electron chi connectivity index (χ0n) is 20.7. The number of fused-ring (bicyclic) bond motifs is 1. The molecule has 1 saturated heterocycles. The molecule has 0 saturated carbocycles. The van der Waals surface area contributed by atoms with Gasteiger partial charge in [0, 0.05) is 18.1 Å². The van der Waals surface area contributed by atoms with Crippen LogP contribution in [0.25, 0.3) is 10.9 Å². The summed E-state index contributed by atoms with van der Waals surface area (Å²) >= 11 is 0. The van der Waals surface area contributed by atoms with Crippen molar-refractivity contribution in [1.29, 1.82) is 0 Å². The first kappa shape index (κ1) is 26.0. The molecule has 3 aromatic rings. The molecule has 1 aromatic heterocycles. The van der Waals surface area contributed by atoms with Gasteiger partial charge in [-0.3, -0.25) is 9.78 Å². The van der Waals surface area contributed by atoms with E-state index in [-0.39, 0.29) is 5.92 Å². The number of carbonyl (C=O) groups is 1. The Kier molecular flexibility index (Phi) is 8.88. The largest absolute Gasteiger partial charge is 0.497 e.